The van der Waals surface area contributed by atoms with Crippen LogP contribution in [-0.2, 0) is 21.0 Å². The van der Waals surface area contributed by atoms with Crippen molar-refractivity contribution >= 4 is 49.7 Å². The molecule has 1 aromatic heterocycles. The third-order valence-electron chi connectivity index (χ3n) is 5.45. The number of carbonyl (C=O) groups excluding carboxylic acids is 1. The number of ether oxygens (including phenoxy) is 1. The fourth-order valence-corrected chi connectivity index (χ4v) is 5.85. The van der Waals surface area contributed by atoms with E-state index in [0.717, 1.165) is 29.0 Å². The first-order chi connectivity index (χ1) is 18.4. The van der Waals surface area contributed by atoms with Gasteiger partial charge in [-0.3, -0.25) is 14.4 Å². The third kappa shape index (κ3) is 6.49. The zero-order chi connectivity index (χ0) is 28.4. The maximum absolute atomic E-state index is 13.5. The summed E-state index contributed by atoms with van der Waals surface area (Å²) in [5, 5.41) is 10.4. The van der Waals surface area contributed by atoms with Gasteiger partial charge in [0.2, 0.25) is 11.0 Å². The van der Waals surface area contributed by atoms with Crippen LogP contribution in [0.1, 0.15) is 11.1 Å². The number of methoxy groups -OCH3 is 1. The highest BCUT2D eigenvalue weighted by molar-refractivity contribution is 7.92. The van der Waals surface area contributed by atoms with Crippen LogP contribution >= 0.6 is 22.9 Å². The molecule has 0 saturated carbocycles. The fourth-order valence-electron chi connectivity index (χ4n) is 3.45. The van der Waals surface area contributed by atoms with Crippen LogP contribution in [0.5, 0.6) is 5.75 Å². The number of amides is 1. The van der Waals surface area contributed by atoms with E-state index < -0.39 is 44.9 Å². The first-order valence-electron chi connectivity index (χ1n) is 11.1. The number of benzene rings is 3. The minimum Gasteiger partial charge on any atom is -0.497 e. The molecule has 0 spiro atoms. The van der Waals surface area contributed by atoms with Gasteiger partial charge in [-0.15, -0.1) is 10.2 Å². The molecule has 3 aromatic carbocycles. The van der Waals surface area contributed by atoms with Crippen molar-refractivity contribution in [1.29, 1.82) is 0 Å². The Morgan fingerprint density at radius 3 is 2.33 bits per heavy atom. The Morgan fingerprint density at radius 2 is 1.72 bits per heavy atom. The van der Waals surface area contributed by atoms with E-state index in [0.29, 0.717) is 26.7 Å². The Hall–Kier alpha value is -3.68. The van der Waals surface area contributed by atoms with Crippen LogP contribution in [0.25, 0.3) is 10.6 Å². The van der Waals surface area contributed by atoms with Crippen molar-refractivity contribution in [2.75, 3.05) is 23.3 Å². The van der Waals surface area contributed by atoms with E-state index in [2.05, 4.69) is 15.5 Å². The van der Waals surface area contributed by atoms with E-state index in [1.807, 2.05) is 0 Å². The fraction of sp³-hybridized carbons (Fsp3) is 0.160. The Morgan fingerprint density at radius 1 is 1.05 bits per heavy atom. The average Bonchev–Trinajstić information content (AvgIpc) is 3.35. The van der Waals surface area contributed by atoms with Crippen molar-refractivity contribution in [2.45, 2.75) is 18.0 Å². The number of rotatable bonds is 8. The van der Waals surface area contributed by atoms with Gasteiger partial charge in [0, 0.05) is 5.56 Å². The summed E-state index contributed by atoms with van der Waals surface area (Å²) in [6, 6.07) is 15.3. The molecule has 1 N–H and O–H groups in total. The van der Waals surface area contributed by atoms with Crippen LogP contribution in [0.15, 0.2) is 71.6 Å². The van der Waals surface area contributed by atoms with E-state index in [9.17, 15) is 26.4 Å². The zero-order valence-electron chi connectivity index (χ0n) is 20.4. The standard InChI is InChI=1S/C25H20ClF3N4O4S2/c1-15-3-10-19(11-4-15)39(35,36)33(17-7-12-21(26)20(13-17)25(27,28)29)14-22(34)30-24-32-31-23(38-24)16-5-8-18(37-2)9-6-16/h3-13H,14H2,1-2H3,(H,30,32,34). The second-order valence-electron chi connectivity index (χ2n) is 8.18. The highest BCUT2D eigenvalue weighted by Gasteiger charge is 2.35. The molecule has 204 valence electrons. The molecule has 0 aliphatic carbocycles. The van der Waals surface area contributed by atoms with Crippen molar-refractivity contribution in [1.82, 2.24) is 10.2 Å². The average molecular weight is 597 g/mol. The van der Waals surface area contributed by atoms with Gasteiger partial charge < -0.3 is 4.74 Å². The number of anilines is 2. The van der Waals surface area contributed by atoms with Gasteiger partial charge in [-0.25, -0.2) is 8.42 Å². The number of hydrogen-bond acceptors (Lipinski definition) is 7. The van der Waals surface area contributed by atoms with Crippen molar-refractivity contribution < 1.29 is 31.1 Å². The quantitative estimate of drug-likeness (QED) is 0.267. The summed E-state index contributed by atoms with van der Waals surface area (Å²) in [5.41, 5.74) is -0.149. The van der Waals surface area contributed by atoms with Crippen molar-refractivity contribution in [3.63, 3.8) is 0 Å². The lowest BCUT2D eigenvalue weighted by Gasteiger charge is -2.25. The normalized spacial score (nSPS) is 11.7. The number of alkyl halides is 3. The molecule has 14 heteroatoms. The molecule has 4 rings (SSSR count). The summed E-state index contributed by atoms with van der Waals surface area (Å²) in [6.07, 6.45) is -4.85. The van der Waals surface area contributed by atoms with Crippen LogP contribution in [0.2, 0.25) is 5.02 Å². The molecular formula is C25H20ClF3N4O4S2. The van der Waals surface area contributed by atoms with Gasteiger partial charge in [-0.05, 0) is 61.5 Å². The number of halogens is 4. The number of aromatic nitrogens is 2. The van der Waals surface area contributed by atoms with E-state index >= 15 is 0 Å². The van der Waals surface area contributed by atoms with Crippen LogP contribution < -0.4 is 14.4 Å². The molecule has 0 saturated heterocycles. The lowest BCUT2D eigenvalue weighted by atomic mass is 10.2. The topological polar surface area (TPSA) is 101 Å². The lowest BCUT2D eigenvalue weighted by Crippen LogP contribution is -2.38. The second kappa shape index (κ2) is 11.2. The lowest BCUT2D eigenvalue weighted by molar-refractivity contribution is -0.137. The summed E-state index contributed by atoms with van der Waals surface area (Å²) in [7, 11) is -2.93. The van der Waals surface area contributed by atoms with Crippen molar-refractivity contribution in [3.8, 4) is 16.3 Å². The van der Waals surface area contributed by atoms with Gasteiger partial charge in [-0.1, -0.05) is 40.6 Å². The largest absolute Gasteiger partial charge is 0.497 e. The third-order valence-corrected chi connectivity index (χ3v) is 8.45. The van der Waals surface area contributed by atoms with Crippen LogP contribution in [-0.4, -0.2) is 38.2 Å². The first kappa shape index (κ1) is 28.3. The van der Waals surface area contributed by atoms with Gasteiger partial charge >= 0.3 is 6.18 Å². The molecule has 8 nitrogen and oxygen atoms in total. The van der Waals surface area contributed by atoms with Crippen LogP contribution in [0.3, 0.4) is 0 Å². The van der Waals surface area contributed by atoms with Gasteiger partial charge in [0.1, 0.15) is 17.3 Å². The van der Waals surface area contributed by atoms with E-state index in [4.69, 9.17) is 16.3 Å². The van der Waals surface area contributed by atoms with Crippen molar-refractivity contribution in [3.05, 3.63) is 82.9 Å². The number of nitrogens with zero attached hydrogens (tertiary/aromatic N) is 3. The number of nitrogens with one attached hydrogen (secondary N) is 1. The minimum atomic E-state index is -4.85. The molecule has 0 bridgehead atoms. The highest BCUT2D eigenvalue weighted by atomic mass is 35.5. The van der Waals surface area contributed by atoms with E-state index in [-0.39, 0.29) is 10.0 Å². The maximum atomic E-state index is 13.5. The van der Waals surface area contributed by atoms with Gasteiger partial charge in [0.15, 0.2) is 0 Å². The van der Waals surface area contributed by atoms with E-state index in [1.165, 1.54) is 31.4 Å². The zero-order valence-corrected chi connectivity index (χ0v) is 22.7. The summed E-state index contributed by atoms with van der Waals surface area (Å²) in [5.74, 6) is -0.200. The number of hydrogen-bond donors (Lipinski definition) is 1. The monoisotopic (exact) mass is 596 g/mol. The van der Waals surface area contributed by atoms with Crippen LogP contribution in [0.4, 0.5) is 24.0 Å². The van der Waals surface area contributed by atoms with Crippen LogP contribution in [0, 0.1) is 6.92 Å². The molecule has 0 aliphatic rings. The molecule has 4 aromatic rings. The molecule has 1 amide bonds. The van der Waals surface area contributed by atoms with Gasteiger partial charge in [0.25, 0.3) is 10.0 Å². The second-order valence-corrected chi connectivity index (χ2v) is 11.4. The predicted molar refractivity (Wildman–Crippen MR) is 143 cm³/mol. The Kier molecular flexibility index (Phi) is 8.14. The first-order valence-corrected chi connectivity index (χ1v) is 13.8. The molecule has 0 unspecified atom stereocenters. The Labute approximate surface area is 231 Å². The van der Waals surface area contributed by atoms with Crippen molar-refractivity contribution in [2.24, 2.45) is 0 Å². The van der Waals surface area contributed by atoms with E-state index in [1.54, 1.807) is 31.2 Å². The molecule has 0 aliphatic heterocycles. The SMILES string of the molecule is COc1ccc(-c2nnc(NC(=O)CN(c3ccc(Cl)c(C(F)(F)F)c3)S(=O)(=O)c3ccc(C)cc3)s2)cc1. The number of carbonyl (C=O) groups is 1. The van der Waals surface area contributed by atoms with Gasteiger partial charge in [-0.2, -0.15) is 13.2 Å². The molecular weight excluding hydrogens is 577 g/mol. The molecule has 0 radical (unpaired) electrons. The summed E-state index contributed by atoms with van der Waals surface area (Å²) in [4.78, 5) is 12.8. The smallest absolute Gasteiger partial charge is 0.417 e. The minimum absolute atomic E-state index is 0.0746. The summed E-state index contributed by atoms with van der Waals surface area (Å²) < 4.78 is 73.4. The Balaban J connectivity index is 1.64. The number of sulfonamides is 1. The molecule has 1 heterocycles. The van der Waals surface area contributed by atoms with Gasteiger partial charge in [0.05, 0.1) is 28.3 Å². The molecule has 39 heavy (non-hydrogen) atoms. The number of aryl methyl sites for hydroxylation is 1. The molecule has 0 fully saturated rings. The summed E-state index contributed by atoms with van der Waals surface area (Å²) >= 11 is 6.76. The summed E-state index contributed by atoms with van der Waals surface area (Å²) in [6.45, 7) is 0.908. The Bertz CT molecular complexity index is 1590. The predicted octanol–water partition coefficient (Wildman–Crippen LogP) is 6.03. The highest BCUT2D eigenvalue weighted by Crippen LogP contribution is 2.38. The maximum Gasteiger partial charge on any atom is 0.417 e. The molecule has 0 atom stereocenters.